The molecule has 1 atom stereocenters. The highest BCUT2D eigenvalue weighted by molar-refractivity contribution is 7.89. The number of likely N-dealkylation sites (tertiary alicyclic amines) is 1. The van der Waals surface area contributed by atoms with Gasteiger partial charge in [0.2, 0.25) is 15.9 Å². The van der Waals surface area contributed by atoms with E-state index in [-0.39, 0.29) is 17.6 Å². The van der Waals surface area contributed by atoms with Gasteiger partial charge in [-0.05, 0) is 76.6 Å². The molecule has 0 aromatic heterocycles. The van der Waals surface area contributed by atoms with Crippen molar-refractivity contribution < 1.29 is 13.2 Å². The van der Waals surface area contributed by atoms with Gasteiger partial charge in [-0.25, -0.2) is 12.7 Å². The highest BCUT2D eigenvalue weighted by Crippen LogP contribution is 2.22. The van der Waals surface area contributed by atoms with Gasteiger partial charge >= 0.3 is 0 Å². The lowest BCUT2D eigenvalue weighted by Gasteiger charge is -2.32. The van der Waals surface area contributed by atoms with Crippen molar-refractivity contribution in [3.05, 3.63) is 35.9 Å². The molecule has 6 nitrogen and oxygen atoms in total. The van der Waals surface area contributed by atoms with Gasteiger partial charge in [0.1, 0.15) is 0 Å². The number of benzene rings is 1. The summed E-state index contributed by atoms with van der Waals surface area (Å²) in [6.07, 6.45) is 6.14. The summed E-state index contributed by atoms with van der Waals surface area (Å²) in [5.41, 5.74) is 1.44. The Morgan fingerprint density at radius 3 is 2.53 bits per heavy atom. The third-order valence-electron chi connectivity index (χ3n) is 6.54. The minimum atomic E-state index is -3.21. The first-order valence-corrected chi connectivity index (χ1v) is 13.1. The molecule has 2 aliphatic heterocycles. The van der Waals surface area contributed by atoms with Crippen molar-refractivity contribution in [1.29, 1.82) is 0 Å². The van der Waals surface area contributed by atoms with Crippen LogP contribution in [-0.4, -0.2) is 68.6 Å². The van der Waals surface area contributed by atoms with E-state index in [9.17, 15) is 13.2 Å². The number of hydrogen-bond donors (Lipinski definition) is 1. The summed E-state index contributed by atoms with van der Waals surface area (Å²) in [6, 6.07) is 10.7. The van der Waals surface area contributed by atoms with Crippen LogP contribution in [0.1, 0.15) is 44.6 Å². The van der Waals surface area contributed by atoms with Crippen LogP contribution in [0.15, 0.2) is 30.3 Å². The van der Waals surface area contributed by atoms with Crippen molar-refractivity contribution in [2.24, 2.45) is 11.8 Å². The van der Waals surface area contributed by atoms with Crippen molar-refractivity contribution in [2.75, 3.05) is 45.0 Å². The molecule has 2 aliphatic rings. The lowest BCUT2D eigenvalue weighted by molar-refractivity contribution is -0.126. The molecule has 1 N–H and O–H groups in total. The van der Waals surface area contributed by atoms with Gasteiger partial charge in [0, 0.05) is 19.6 Å². The van der Waals surface area contributed by atoms with Crippen LogP contribution in [0.3, 0.4) is 0 Å². The molecule has 30 heavy (non-hydrogen) atoms. The van der Waals surface area contributed by atoms with Gasteiger partial charge < -0.3 is 10.2 Å². The zero-order valence-corrected chi connectivity index (χ0v) is 19.1. The van der Waals surface area contributed by atoms with Crippen molar-refractivity contribution in [3.63, 3.8) is 0 Å². The summed E-state index contributed by atoms with van der Waals surface area (Å²) >= 11 is 0. The predicted molar refractivity (Wildman–Crippen MR) is 121 cm³/mol. The van der Waals surface area contributed by atoms with E-state index in [2.05, 4.69) is 40.5 Å². The summed E-state index contributed by atoms with van der Waals surface area (Å²) in [7, 11) is -3.21. The van der Waals surface area contributed by atoms with Crippen molar-refractivity contribution >= 4 is 15.9 Å². The predicted octanol–water partition coefficient (Wildman–Crippen LogP) is 2.51. The van der Waals surface area contributed by atoms with E-state index in [1.807, 2.05) is 0 Å². The highest BCUT2D eigenvalue weighted by atomic mass is 32.2. The molecule has 7 heteroatoms. The lowest BCUT2D eigenvalue weighted by Crippen LogP contribution is -2.46. The Kier molecular flexibility index (Phi) is 8.72. The van der Waals surface area contributed by atoms with Crippen LogP contribution in [-0.2, 0) is 21.2 Å². The van der Waals surface area contributed by atoms with Crippen LogP contribution in [0.25, 0.3) is 0 Å². The second kappa shape index (κ2) is 11.3. The number of rotatable bonds is 9. The first-order chi connectivity index (χ1) is 14.5. The van der Waals surface area contributed by atoms with Gasteiger partial charge in [-0.3, -0.25) is 4.79 Å². The monoisotopic (exact) mass is 435 g/mol. The topological polar surface area (TPSA) is 69.7 Å². The molecular formula is C23H37N3O3S. The fourth-order valence-corrected chi connectivity index (χ4v) is 5.79. The van der Waals surface area contributed by atoms with E-state index >= 15 is 0 Å². The van der Waals surface area contributed by atoms with Crippen LogP contribution in [0.4, 0.5) is 0 Å². The maximum absolute atomic E-state index is 12.5. The molecule has 1 unspecified atom stereocenters. The SMILES string of the molecule is CCS(=O)(=O)N1CCCC(C(=O)NCCCN2CCC(Cc3ccccc3)CC2)C1. The molecule has 1 aromatic carbocycles. The summed E-state index contributed by atoms with van der Waals surface area (Å²) in [6.45, 7) is 6.48. The number of nitrogens with one attached hydrogen (secondary N) is 1. The Morgan fingerprint density at radius 2 is 1.83 bits per heavy atom. The summed E-state index contributed by atoms with van der Waals surface area (Å²) in [4.78, 5) is 15.0. The van der Waals surface area contributed by atoms with E-state index in [0.29, 0.717) is 19.6 Å². The van der Waals surface area contributed by atoms with E-state index in [0.717, 1.165) is 44.8 Å². The van der Waals surface area contributed by atoms with E-state index in [1.165, 1.54) is 29.1 Å². The fraction of sp³-hybridized carbons (Fsp3) is 0.696. The molecule has 0 bridgehead atoms. The van der Waals surface area contributed by atoms with Gasteiger partial charge in [0.25, 0.3) is 0 Å². The summed E-state index contributed by atoms with van der Waals surface area (Å²) in [5, 5.41) is 3.04. The Bertz CT molecular complexity index is 761. The van der Waals surface area contributed by atoms with Crippen LogP contribution in [0.5, 0.6) is 0 Å². The van der Waals surface area contributed by atoms with E-state index in [4.69, 9.17) is 0 Å². The van der Waals surface area contributed by atoms with Crippen molar-refractivity contribution in [3.8, 4) is 0 Å². The highest BCUT2D eigenvalue weighted by Gasteiger charge is 2.31. The smallest absolute Gasteiger partial charge is 0.224 e. The van der Waals surface area contributed by atoms with Crippen LogP contribution in [0, 0.1) is 11.8 Å². The molecule has 168 valence electrons. The fourth-order valence-electron chi connectivity index (χ4n) is 4.61. The second-order valence-corrected chi connectivity index (χ2v) is 11.0. The first-order valence-electron chi connectivity index (χ1n) is 11.5. The molecule has 0 radical (unpaired) electrons. The molecular weight excluding hydrogens is 398 g/mol. The molecule has 0 aliphatic carbocycles. The summed E-state index contributed by atoms with van der Waals surface area (Å²) in [5.74, 6) is 0.669. The molecule has 0 spiro atoms. The lowest BCUT2D eigenvalue weighted by atomic mass is 9.90. The van der Waals surface area contributed by atoms with Gasteiger partial charge in [-0.2, -0.15) is 0 Å². The van der Waals surface area contributed by atoms with Crippen molar-refractivity contribution in [2.45, 2.75) is 45.4 Å². The molecule has 2 fully saturated rings. The van der Waals surface area contributed by atoms with E-state index in [1.54, 1.807) is 6.92 Å². The molecule has 3 rings (SSSR count). The average Bonchev–Trinajstić information content (AvgIpc) is 2.78. The Hall–Kier alpha value is -1.44. The third kappa shape index (κ3) is 6.79. The number of carbonyl (C=O) groups excluding carboxylic acids is 1. The number of piperidine rings is 2. The number of carbonyl (C=O) groups is 1. The average molecular weight is 436 g/mol. The molecule has 2 heterocycles. The zero-order valence-electron chi connectivity index (χ0n) is 18.3. The number of sulfonamides is 1. The van der Waals surface area contributed by atoms with E-state index < -0.39 is 10.0 Å². The van der Waals surface area contributed by atoms with Gasteiger partial charge in [0.05, 0.1) is 11.7 Å². The molecule has 2 saturated heterocycles. The van der Waals surface area contributed by atoms with Crippen LogP contribution >= 0.6 is 0 Å². The number of amides is 1. The first kappa shape index (κ1) is 23.2. The quantitative estimate of drug-likeness (QED) is 0.605. The maximum atomic E-state index is 12.5. The zero-order chi connectivity index (χ0) is 21.4. The Balaban J connectivity index is 1.30. The second-order valence-electron chi connectivity index (χ2n) is 8.72. The van der Waals surface area contributed by atoms with Gasteiger partial charge in [0.15, 0.2) is 0 Å². The van der Waals surface area contributed by atoms with Gasteiger partial charge in [-0.15, -0.1) is 0 Å². The summed E-state index contributed by atoms with van der Waals surface area (Å²) < 4.78 is 25.6. The minimum Gasteiger partial charge on any atom is -0.356 e. The molecule has 1 aromatic rings. The molecule has 1 amide bonds. The standard InChI is InChI=1S/C23H37N3O3S/c1-2-30(28,29)26-15-6-10-22(19-26)23(27)24-13-7-14-25-16-11-21(12-17-25)18-20-8-4-3-5-9-20/h3-5,8-9,21-22H,2,6-7,10-19H2,1H3,(H,24,27). The number of hydrogen-bond acceptors (Lipinski definition) is 4. The number of nitrogens with zero attached hydrogens (tertiary/aromatic N) is 2. The van der Waals surface area contributed by atoms with Crippen molar-refractivity contribution in [1.82, 2.24) is 14.5 Å². The van der Waals surface area contributed by atoms with Gasteiger partial charge in [-0.1, -0.05) is 30.3 Å². The minimum absolute atomic E-state index is 0.00701. The molecule has 0 saturated carbocycles. The van der Waals surface area contributed by atoms with Crippen LogP contribution < -0.4 is 5.32 Å². The third-order valence-corrected chi connectivity index (χ3v) is 8.39. The van der Waals surface area contributed by atoms with Crippen LogP contribution in [0.2, 0.25) is 0 Å². The largest absolute Gasteiger partial charge is 0.356 e. The maximum Gasteiger partial charge on any atom is 0.224 e. The normalized spacial score (nSPS) is 22.1. The Labute approximate surface area is 182 Å². The Morgan fingerprint density at radius 1 is 1.10 bits per heavy atom.